The van der Waals surface area contributed by atoms with Crippen LogP contribution in [-0.2, 0) is 5.54 Å². The van der Waals surface area contributed by atoms with Gasteiger partial charge in [-0.1, -0.05) is 30.3 Å². The SMILES string of the molecule is NC1(c2ccccc2)CN(C2CCC2)c2ncncc21. The second-order valence-corrected chi connectivity index (χ2v) is 5.81. The van der Waals surface area contributed by atoms with E-state index in [2.05, 4.69) is 27.0 Å². The molecule has 0 saturated heterocycles. The first-order valence-corrected chi connectivity index (χ1v) is 7.20. The summed E-state index contributed by atoms with van der Waals surface area (Å²) < 4.78 is 0. The molecular weight excluding hydrogens is 248 g/mol. The van der Waals surface area contributed by atoms with Crippen LogP contribution < -0.4 is 10.6 Å². The van der Waals surface area contributed by atoms with Gasteiger partial charge in [-0.15, -0.1) is 0 Å². The molecule has 1 aromatic carbocycles. The highest BCUT2D eigenvalue weighted by molar-refractivity contribution is 5.61. The number of rotatable bonds is 2. The lowest BCUT2D eigenvalue weighted by molar-refractivity contribution is 0.376. The molecule has 0 radical (unpaired) electrons. The lowest BCUT2D eigenvalue weighted by Gasteiger charge is -2.37. The van der Waals surface area contributed by atoms with Crippen LogP contribution in [-0.4, -0.2) is 22.6 Å². The van der Waals surface area contributed by atoms with Gasteiger partial charge in [0.2, 0.25) is 0 Å². The van der Waals surface area contributed by atoms with Crippen LogP contribution in [0.4, 0.5) is 5.82 Å². The summed E-state index contributed by atoms with van der Waals surface area (Å²) in [7, 11) is 0. The summed E-state index contributed by atoms with van der Waals surface area (Å²) in [5.41, 5.74) is 8.48. The summed E-state index contributed by atoms with van der Waals surface area (Å²) in [6, 6.07) is 10.9. The van der Waals surface area contributed by atoms with Crippen molar-refractivity contribution in [1.29, 1.82) is 0 Å². The highest BCUT2D eigenvalue weighted by atomic mass is 15.3. The van der Waals surface area contributed by atoms with Gasteiger partial charge in [-0.2, -0.15) is 0 Å². The Hall–Kier alpha value is -1.94. The Morgan fingerprint density at radius 2 is 2.00 bits per heavy atom. The third-order valence-electron chi connectivity index (χ3n) is 4.67. The molecule has 2 heterocycles. The van der Waals surface area contributed by atoms with Crippen LogP contribution in [0.1, 0.15) is 30.4 Å². The summed E-state index contributed by atoms with van der Waals surface area (Å²) in [5.74, 6) is 1.02. The van der Waals surface area contributed by atoms with Crippen molar-refractivity contribution in [2.75, 3.05) is 11.4 Å². The van der Waals surface area contributed by atoms with Crippen molar-refractivity contribution in [3.05, 3.63) is 54.0 Å². The van der Waals surface area contributed by atoms with E-state index in [1.165, 1.54) is 19.3 Å². The third-order valence-corrected chi connectivity index (χ3v) is 4.67. The molecule has 20 heavy (non-hydrogen) atoms. The first kappa shape index (κ1) is 11.9. The fourth-order valence-corrected chi connectivity index (χ4v) is 3.28. The topological polar surface area (TPSA) is 55.0 Å². The zero-order valence-electron chi connectivity index (χ0n) is 11.4. The van der Waals surface area contributed by atoms with Crippen LogP contribution in [0.2, 0.25) is 0 Å². The molecule has 2 N–H and O–H groups in total. The minimum absolute atomic E-state index is 0.493. The van der Waals surface area contributed by atoms with E-state index in [9.17, 15) is 0 Å². The molecule has 2 aliphatic rings. The predicted octanol–water partition coefficient (Wildman–Crippen LogP) is 2.05. The van der Waals surface area contributed by atoms with Gasteiger partial charge in [0.05, 0.1) is 5.54 Å². The number of aromatic nitrogens is 2. The Morgan fingerprint density at radius 3 is 2.70 bits per heavy atom. The molecule has 4 heteroatoms. The number of fused-ring (bicyclic) bond motifs is 1. The Morgan fingerprint density at radius 1 is 1.20 bits per heavy atom. The normalized spacial score (nSPS) is 25.4. The van der Waals surface area contributed by atoms with Crippen molar-refractivity contribution in [3.8, 4) is 0 Å². The summed E-state index contributed by atoms with van der Waals surface area (Å²) in [6.45, 7) is 0.801. The third kappa shape index (κ3) is 1.58. The summed E-state index contributed by atoms with van der Waals surface area (Å²) >= 11 is 0. The van der Waals surface area contributed by atoms with Gasteiger partial charge >= 0.3 is 0 Å². The second-order valence-electron chi connectivity index (χ2n) is 5.81. The molecule has 102 valence electrons. The van der Waals surface area contributed by atoms with E-state index in [-0.39, 0.29) is 0 Å². The molecular formula is C16H18N4. The largest absolute Gasteiger partial charge is 0.351 e. The van der Waals surface area contributed by atoms with Crippen molar-refractivity contribution in [2.24, 2.45) is 5.73 Å². The van der Waals surface area contributed by atoms with Gasteiger partial charge in [0.1, 0.15) is 12.1 Å². The molecule has 2 aromatic rings. The standard InChI is InChI=1S/C16H18N4/c17-16(12-5-2-1-3-6-12)10-20(13-7-4-8-13)15-14(16)9-18-11-19-15/h1-3,5-6,9,11,13H,4,7-8,10,17H2. The minimum Gasteiger partial charge on any atom is -0.351 e. The summed E-state index contributed by atoms with van der Waals surface area (Å²) in [4.78, 5) is 11.1. The fourth-order valence-electron chi connectivity index (χ4n) is 3.28. The molecule has 1 unspecified atom stereocenters. The van der Waals surface area contributed by atoms with Crippen molar-refractivity contribution >= 4 is 5.82 Å². The van der Waals surface area contributed by atoms with Gasteiger partial charge in [0.25, 0.3) is 0 Å². The van der Waals surface area contributed by atoms with Gasteiger partial charge in [-0.25, -0.2) is 9.97 Å². The highest BCUT2D eigenvalue weighted by Crippen LogP contribution is 2.43. The van der Waals surface area contributed by atoms with Crippen LogP contribution in [0.15, 0.2) is 42.9 Å². The van der Waals surface area contributed by atoms with Crippen LogP contribution in [0.25, 0.3) is 0 Å². The molecule has 4 rings (SSSR count). The maximum absolute atomic E-state index is 6.78. The number of nitrogens with two attached hydrogens (primary N) is 1. The van der Waals surface area contributed by atoms with Gasteiger partial charge in [0.15, 0.2) is 0 Å². The maximum atomic E-state index is 6.78. The van der Waals surface area contributed by atoms with E-state index < -0.39 is 5.54 Å². The molecule has 0 amide bonds. The average Bonchev–Trinajstić information content (AvgIpc) is 2.74. The van der Waals surface area contributed by atoms with E-state index in [1.807, 2.05) is 24.4 Å². The van der Waals surface area contributed by atoms with Crippen molar-refractivity contribution < 1.29 is 0 Å². The average molecular weight is 266 g/mol. The molecule has 0 spiro atoms. The highest BCUT2D eigenvalue weighted by Gasteiger charge is 2.45. The van der Waals surface area contributed by atoms with E-state index >= 15 is 0 Å². The van der Waals surface area contributed by atoms with E-state index in [0.717, 1.165) is 23.5 Å². The zero-order valence-corrected chi connectivity index (χ0v) is 11.4. The molecule has 1 aromatic heterocycles. The predicted molar refractivity (Wildman–Crippen MR) is 78.4 cm³/mol. The number of nitrogens with zero attached hydrogens (tertiary/aromatic N) is 3. The number of hydrogen-bond donors (Lipinski definition) is 1. The number of anilines is 1. The van der Waals surface area contributed by atoms with Crippen LogP contribution in [0, 0.1) is 0 Å². The van der Waals surface area contributed by atoms with E-state index in [0.29, 0.717) is 6.04 Å². The van der Waals surface area contributed by atoms with Gasteiger partial charge in [-0.05, 0) is 24.8 Å². The van der Waals surface area contributed by atoms with Gasteiger partial charge < -0.3 is 10.6 Å². The monoisotopic (exact) mass is 266 g/mol. The number of hydrogen-bond acceptors (Lipinski definition) is 4. The maximum Gasteiger partial charge on any atom is 0.137 e. The fraction of sp³-hybridized carbons (Fsp3) is 0.375. The smallest absolute Gasteiger partial charge is 0.137 e. The molecule has 0 bridgehead atoms. The molecule has 1 fully saturated rings. The quantitative estimate of drug-likeness (QED) is 0.904. The minimum atomic E-state index is -0.493. The van der Waals surface area contributed by atoms with Crippen molar-refractivity contribution in [2.45, 2.75) is 30.8 Å². The summed E-state index contributed by atoms with van der Waals surface area (Å²) in [6.07, 6.45) is 7.31. The molecule has 4 nitrogen and oxygen atoms in total. The Kier molecular flexibility index (Phi) is 2.54. The Balaban J connectivity index is 1.82. The van der Waals surface area contributed by atoms with E-state index in [4.69, 9.17) is 5.73 Å². The van der Waals surface area contributed by atoms with Crippen molar-refractivity contribution in [3.63, 3.8) is 0 Å². The van der Waals surface area contributed by atoms with Gasteiger partial charge in [0, 0.05) is 24.3 Å². The zero-order chi connectivity index (χ0) is 13.6. The molecule has 1 aliphatic heterocycles. The molecule has 1 atom stereocenters. The molecule has 1 saturated carbocycles. The summed E-state index contributed by atoms with van der Waals surface area (Å²) in [5, 5.41) is 0. The van der Waals surface area contributed by atoms with Crippen LogP contribution in [0.5, 0.6) is 0 Å². The van der Waals surface area contributed by atoms with Crippen LogP contribution in [0.3, 0.4) is 0 Å². The van der Waals surface area contributed by atoms with Crippen LogP contribution >= 0.6 is 0 Å². The lowest BCUT2D eigenvalue weighted by atomic mass is 9.86. The second kappa shape index (κ2) is 4.28. The molecule has 1 aliphatic carbocycles. The van der Waals surface area contributed by atoms with Gasteiger partial charge in [-0.3, -0.25) is 0 Å². The number of benzene rings is 1. The Bertz CT molecular complexity index is 623. The van der Waals surface area contributed by atoms with E-state index in [1.54, 1.807) is 6.33 Å². The Labute approximate surface area is 118 Å². The first-order chi connectivity index (χ1) is 9.79. The first-order valence-electron chi connectivity index (χ1n) is 7.20. The lowest BCUT2D eigenvalue weighted by Crippen LogP contribution is -2.47. The van der Waals surface area contributed by atoms with Crippen molar-refractivity contribution in [1.82, 2.24) is 9.97 Å².